The summed E-state index contributed by atoms with van der Waals surface area (Å²) in [5.41, 5.74) is 5.81. The van der Waals surface area contributed by atoms with Crippen molar-refractivity contribution >= 4 is 28.5 Å². The Kier molecular flexibility index (Phi) is 5.51. The number of hydrogen-bond acceptors (Lipinski definition) is 4. The molecule has 1 N–H and O–H groups in total. The number of nitrogens with one attached hydrogen (secondary N) is 1. The van der Waals surface area contributed by atoms with Gasteiger partial charge in [-0.25, -0.2) is 9.97 Å². The Morgan fingerprint density at radius 3 is 2.50 bits per heavy atom. The average molecular weight is 395 g/mol. The van der Waals surface area contributed by atoms with E-state index in [9.17, 15) is 0 Å². The van der Waals surface area contributed by atoms with Crippen LogP contribution in [0.1, 0.15) is 35.2 Å². The number of hydrogen-bond donors (Lipinski definition) is 1. The highest BCUT2D eigenvalue weighted by molar-refractivity contribution is 6.31. The molecule has 28 heavy (non-hydrogen) atoms. The third-order valence-electron chi connectivity index (χ3n) is 5.77. The van der Waals surface area contributed by atoms with Gasteiger partial charge in [0, 0.05) is 36.1 Å². The molecule has 0 aliphatic carbocycles. The van der Waals surface area contributed by atoms with E-state index < -0.39 is 0 Å². The molecule has 1 saturated heterocycles. The van der Waals surface area contributed by atoms with Crippen LogP contribution in [0.15, 0.2) is 36.4 Å². The second-order valence-electron chi connectivity index (χ2n) is 7.87. The minimum absolute atomic E-state index is 0.408. The van der Waals surface area contributed by atoms with Crippen LogP contribution in [0, 0.1) is 20.8 Å². The molecule has 146 valence electrons. The van der Waals surface area contributed by atoms with Crippen molar-refractivity contribution in [2.45, 2.75) is 46.2 Å². The summed E-state index contributed by atoms with van der Waals surface area (Å²) in [5, 5.41) is 5.57. The van der Waals surface area contributed by atoms with E-state index in [0.717, 1.165) is 60.0 Å². The molecule has 0 amide bonds. The molecular formula is C23H27ClN4. The SMILES string of the molecule is Cc1cc2nc(NC3CCN(Cc4ccccc4Cl)CC3)nc(C)c2cc1C. The Bertz CT molecular complexity index is 993. The van der Waals surface area contributed by atoms with Gasteiger partial charge >= 0.3 is 0 Å². The molecule has 4 nitrogen and oxygen atoms in total. The van der Waals surface area contributed by atoms with Crippen LogP contribution in [0.2, 0.25) is 5.02 Å². The maximum absolute atomic E-state index is 6.31. The van der Waals surface area contributed by atoms with Crippen molar-refractivity contribution in [1.82, 2.24) is 14.9 Å². The first-order valence-electron chi connectivity index (χ1n) is 9.97. The summed E-state index contributed by atoms with van der Waals surface area (Å²) in [6, 6.07) is 12.9. The van der Waals surface area contributed by atoms with Gasteiger partial charge in [0.1, 0.15) is 0 Å². The lowest BCUT2D eigenvalue weighted by atomic mass is 10.0. The fourth-order valence-electron chi connectivity index (χ4n) is 3.89. The summed E-state index contributed by atoms with van der Waals surface area (Å²) >= 11 is 6.31. The monoisotopic (exact) mass is 394 g/mol. The molecule has 0 saturated carbocycles. The van der Waals surface area contributed by atoms with Gasteiger partial charge < -0.3 is 5.32 Å². The van der Waals surface area contributed by atoms with Crippen molar-refractivity contribution in [3.05, 3.63) is 63.8 Å². The zero-order chi connectivity index (χ0) is 19.7. The van der Waals surface area contributed by atoms with Crippen molar-refractivity contribution in [1.29, 1.82) is 0 Å². The lowest BCUT2D eigenvalue weighted by Gasteiger charge is -2.32. The molecule has 1 aliphatic heterocycles. The minimum atomic E-state index is 0.408. The van der Waals surface area contributed by atoms with Gasteiger partial charge in [0.05, 0.1) is 11.2 Å². The molecule has 1 fully saturated rings. The molecule has 2 heterocycles. The average Bonchev–Trinajstić information content (AvgIpc) is 2.67. The van der Waals surface area contributed by atoms with Crippen molar-refractivity contribution < 1.29 is 0 Å². The maximum Gasteiger partial charge on any atom is 0.223 e. The van der Waals surface area contributed by atoms with Gasteiger partial charge in [-0.3, -0.25) is 4.90 Å². The number of halogens is 1. The molecule has 2 aromatic carbocycles. The Labute approximate surface area is 172 Å². The predicted octanol–water partition coefficient (Wildman–Crippen LogP) is 5.28. The number of aryl methyl sites for hydroxylation is 3. The third kappa shape index (κ3) is 4.13. The lowest BCUT2D eigenvalue weighted by molar-refractivity contribution is 0.211. The van der Waals surface area contributed by atoms with Crippen LogP contribution in [0.4, 0.5) is 5.95 Å². The van der Waals surface area contributed by atoms with E-state index in [1.807, 2.05) is 12.1 Å². The van der Waals surface area contributed by atoms with Crippen molar-refractivity contribution in [3.8, 4) is 0 Å². The Balaban J connectivity index is 1.41. The number of piperidine rings is 1. The summed E-state index contributed by atoms with van der Waals surface area (Å²) in [6.07, 6.45) is 2.16. The van der Waals surface area contributed by atoms with E-state index in [1.165, 1.54) is 16.7 Å². The molecule has 0 radical (unpaired) electrons. The van der Waals surface area contributed by atoms with Crippen LogP contribution in [-0.2, 0) is 6.54 Å². The van der Waals surface area contributed by atoms with Crippen molar-refractivity contribution in [2.24, 2.45) is 0 Å². The van der Waals surface area contributed by atoms with Gasteiger partial charge in [-0.15, -0.1) is 0 Å². The molecule has 3 aromatic rings. The molecule has 4 rings (SSSR count). The number of aromatic nitrogens is 2. The molecule has 0 atom stereocenters. The van der Waals surface area contributed by atoms with E-state index in [-0.39, 0.29) is 0 Å². The number of rotatable bonds is 4. The molecule has 5 heteroatoms. The summed E-state index contributed by atoms with van der Waals surface area (Å²) in [6.45, 7) is 9.35. The van der Waals surface area contributed by atoms with E-state index >= 15 is 0 Å². The Morgan fingerprint density at radius 2 is 1.75 bits per heavy atom. The van der Waals surface area contributed by atoms with Crippen LogP contribution in [0.25, 0.3) is 10.9 Å². The van der Waals surface area contributed by atoms with Gasteiger partial charge in [-0.1, -0.05) is 29.8 Å². The molecular weight excluding hydrogens is 368 g/mol. The first kappa shape index (κ1) is 19.2. The first-order chi connectivity index (χ1) is 13.5. The molecule has 1 aliphatic rings. The normalized spacial score (nSPS) is 15.9. The van der Waals surface area contributed by atoms with E-state index in [4.69, 9.17) is 21.6 Å². The van der Waals surface area contributed by atoms with Crippen LogP contribution in [0.5, 0.6) is 0 Å². The molecule has 1 aromatic heterocycles. The third-order valence-corrected chi connectivity index (χ3v) is 6.14. The smallest absolute Gasteiger partial charge is 0.223 e. The second kappa shape index (κ2) is 8.06. The fraction of sp³-hybridized carbons (Fsp3) is 0.391. The van der Waals surface area contributed by atoms with Gasteiger partial charge in [-0.2, -0.15) is 0 Å². The highest BCUT2D eigenvalue weighted by Crippen LogP contribution is 2.24. The van der Waals surface area contributed by atoms with Crippen molar-refractivity contribution in [2.75, 3.05) is 18.4 Å². The zero-order valence-electron chi connectivity index (χ0n) is 16.8. The van der Waals surface area contributed by atoms with Crippen LogP contribution in [0.3, 0.4) is 0 Å². The minimum Gasteiger partial charge on any atom is -0.351 e. The van der Waals surface area contributed by atoms with Gasteiger partial charge in [0.25, 0.3) is 0 Å². The summed E-state index contributed by atoms with van der Waals surface area (Å²) in [7, 11) is 0. The summed E-state index contributed by atoms with van der Waals surface area (Å²) in [5.74, 6) is 0.748. The highest BCUT2D eigenvalue weighted by Gasteiger charge is 2.20. The van der Waals surface area contributed by atoms with E-state index in [1.54, 1.807) is 0 Å². The topological polar surface area (TPSA) is 41.1 Å². The zero-order valence-corrected chi connectivity index (χ0v) is 17.6. The number of nitrogens with zero attached hydrogens (tertiary/aromatic N) is 3. The van der Waals surface area contributed by atoms with E-state index in [0.29, 0.717) is 6.04 Å². The number of anilines is 1. The quantitative estimate of drug-likeness (QED) is 0.653. The van der Waals surface area contributed by atoms with Gasteiger partial charge in [0.15, 0.2) is 0 Å². The summed E-state index contributed by atoms with van der Waals surface area (Å²) < 4.78 is 0. The molecule has 0 bridgehead atoms. The van der Waals surface area contributed by atoms with Crippen LogP contribution in [-0.4, -0.2) is 34.0 Å². The Hall–Kier alpha value is -2.17. The van der Waals surface area contributed by atoms with Crippen molar-refractivity contribution in [3.63, 3.8) is 0 Å². The maximum atomic E-state index is 6.31. The van der Waals surface area contributed by atoms with Gasteiger partial charge in [0.2, 0.25) is 5.95 Å². The first-order valence-corrected chi connectivity index (χ1v) is 10.4. The lowest BCUT2D eigenvalue weighted by Crippen LogP contribution is -2.39. The standard InChI is InChI=1S/C23H27ClN4/c1-15-12-20-17(3)25-23(27-22(20)13-16(15)2)26-19-8-10-28(11-9-19)14-18-6-4-5-7-21(18)24/h4-7,12-13,19H,8-11,14H2,1-3H3,(H,25,26,27). The van der Waals surface area contributed by atoms with Crippen LogP contribution < -0.4 is 5.32 Å². The largest absolute Gasteiger partial charge is 0.351 e. The Morgan fingerprint density at radius 1 is 1.04 bits per heavy atom. The second-order valence-corrected chi connectivity index (χ2v) is 8.28. The molecule has 0 spiro atoms. The molecule has 0 unspecified atom stereocenters. The highest BCUT2D eigenvalue weighted by atomic mass is 35.5. The number of benzene rings is 2. The fourth-order valence-corrected chi connectivity index (χ4v) is 4.09. The summed E-state index contributed by atoms with van der Waals surface area (Å²) in [4.78, 5) is 12.0. The number of likely N-dealkylation sites (tertiary alicyclic amines) is 1. The number of fused-ring (bicyclic) bond motifs is 1. The van der Waals surface area contributed by atoms with Gasteiger partial charge in [-0.05, 0) is 68.5 Å². The predicted molar refractivity (Wildman–Crippen MR) is 117 cm³/mol. The van der Waals surface area contributed by atoms with Crippen LogP contribution >= 0.6 is 11.6 Å². The van der Waals surface area contributed by atoms with E-state index in [2.05, 4.69) is 55.3 Å².